The SMILES string of the molecule is [C-]#[N+]C[C@H]1CN(c2nc(OC[C@@H]3CCCN3C)cc3c2COC(c2c(F)c(N)cc(C)c2C(F)(F)F)C3)CCN1C(=O)OCc1ccccc1. The van der Waals surface area contributed by atoms with Crippen molar-refractivity contribution in [2.24, 2.45) is 0 Å². The number of likely N-dealkylation sites (tertiary alicyclic amines) is 1. The topological polar surface area (TPSA) is 97.7 Å². The number of carbonyl (C=O) groups excluding carboxylic acids is 1. The Bertz CT molecular complexity index is 1750. The maximum atomic E-state index is 15.5. The third kappa shape index (κ3) is 7.44. The fourth-order valence-corrected chi connectivity index (χ4v) is 7.14. The second-order valence-electron chi connectivity index (χ2n) is 13.1. The monoisotopic (exact) mass is 696 g/mol. The number of nitrogens with two attached hydrogens (primary N) is 1. The molecule has 6 rings (SSSR count). The van der Waals surface area contributed by atoms with Crippen molar-refractivity contribution in [3.8, 4) is 5.88 Å². The van der Waals surface area contributed by atoms with E-state index in [0.29, 0.717) is 30.1 Å². The molecule has 2 N–H and O–H groups in total. The van der Waals surface area contributed by atoms with Gasteiger partial charge in [0.15, 0.2) is 5.82 Å². The second-order valence-corrected chi connectivity index (χ2v) is 13.1. The normalized spacial score (nSPS) is 21.1. The van der Waals surface area contributed by atoms with E-state index in [1.165, 1.54) is 6.92 Å². The first kappa shape index (κ1) is 35.2. The van der Waals surface area contributed by atoms with Gasteiger partial charge in [-0.3, -0.25) is 4.90 Å². The van der Waals surface area contributed by atoms with Gasteiger partial charge in [-0.2, -0.15) is 18.2 Å². The number of aryl methyl sites for hydroxylation is 1. The van der Waals surface area contributed by atoms with E-state index in [-0.39, 0.29) is 62.4 Å². The van der Waals surface area contributed by atoms with Gasteiger partial charge in [-0.1, -0.05) is 30.3 Å². The quantitative estimate of drug-likeness (QED) is 0.170. The van der Waals surface area contributed by atoms with Gasteiger partial charge in [0, 0.05) is 49.3 Å². The van der Waals surface area contributed by atoms with Gasteiger partial charge in [0.25, 0.3) is 0 Å². The molecule has 3 atom stereocenters. The van der Waals surface area contributed by atoms with Gasteiger partial charge >= 0.3 is 12.3 Å². The number of halogens is 4. The number of likely N-dealkylation sites (N-methyl/N-ethyl adjacent to an activating group) is 1. The number of nitrogen functional groups attached to an aromatic ring is 1. The van der Waals surface area contributed by atoms with Crippen LogP contribution in [0, 0.1) is 19.3 Å². The van der Waals surface area contributed by atoms with E-state index in [2.05, 4.69) is 9.74 Å². The molecule has 0 spiro atoms. The molecule has 3 aromatic rings. The first-order valence-corrected chi connectivity index (χ1v) is 16.6. The average molecular weight is 697 g/mol. The molecule has 2 fully saturated rings. The number of hydrogen-bond donors (Lipinski definition) is 1. The lowest BCUT2D eigenvalue weighted by Gasteiger charge is -2.40. The lowest BCUT2D eigenvalue weighted by molar-refractivity contribution is -0.140. The van der Waals surface area contributed by atoms with Crippen LogP contribution in [0.3, 0.4) is 0 Å². The molecular weight excluding hydrogens is 656 g/mol. The molecule has 10 nitrogen and oxygen atoms in total. The van der Waals surface area contributed by atoms with Crippen molar-refractivity contribution >= 4 is 17.6 Å². The first-order chi connectivity index (χ1) is 23.9. The number of hydrogen-bond acceptors (Lipinski definition) is 8. The van der Waals surface area contributed by atoms with Crippen molar-refractivity contribution in [3.63, 3.8) is 0 Å². The van der Waals surface area contributed by atoms with Gasteiger partial charge < -0.3 is 34.6 Å². The van der Waals surface area contributed by atoms with Crippen LogP contribution in [0.5, 0.6) is 5.88 Å². The molecule has 2 saturated heterocycles. The van der Waals surface area contributed by atoms with Gasteiger partial charge in [-0.15, -0.1) is 0 Å². The van der Waals surface area contributed by atoms with E-state index in [0.717, 1.165) is 31.0 Å². The Morgan fingerprint density at radius 3 is 2.64 bits per heavy atom. The Morgan fingerprint density at radius 1 is 1.16 bits per heavy atom. The Balaban J connectivity index is 1.30. The fraction of sp³-hybridized carbons (Fsp3) is 0.472. The number of carbonyl (C=O) groups is 1. The van der Waals surface area contributed by atoms with Crippen molar-refractivity contribution in [3.05, 3.63) is 93.1 Å². The van der Waals surface area contributed by atoms with Gasteiger partial charge in [0.1, 0.15) is 25.1 Å². The van der Waals surface area contributed by atoms with Crippen molar-refractivity contribution in [1.29, 1.82) is 0 Å². The zero-order chi connectivity index (χ0) is 35.6. The largest absolute Gasteiger partial charge is 0.476 e. The van der Waals surface area contributed by atoms with E-state index in [1.807, 2.05) is 42.3 Å². The second kappa shape index (κ2) is 14.7. The maximum absolute atomic E-state index is 15.5. The Labute approximate surface area is 288 Å². The van der Waals surface area contributed by atoms with Crippen molar-refractivity contribution in [1.82, 2.24) is 14.8 Å². The predicted octanol–water partition coefficient (Wildman–Crippen LogP) is 6.16. The highest BCUT2D eigenvalue weighted by molar-refractivity contribution is 5.69. The van der Waals surface area contributed by atoms with Crippen molar-refractivity contribution < 1.29 is 36.6 Å². The van der Waals surface area contributed by atoms with Crippen molar-refractivity contribution in [2.45, 2.75) is 63.8 Å². The summed E-state index contributed by atoms with van der Waals surface area (Å²) in [6.07, 6.45) is -4.70. The number of rotatable bonds is 8. The number of aromatic nitrogens is 1. The summed E-state index contributed by atoms with van der Waals surface area (Å²) in [6.45, 7) is 11.0. The molecule has 3 aliphatic rings. The molecule has 1 aromatic heterocycles. The minimum absolute atomic E-state index is 0.0240. The van der Waals surface area contributed by atoms with Gasteiger partial charge in [0.05, 0.1) is 24.0 Å². The number of anilines is 2. The molecule has 2 aromatic carbocycles. The highest BCUT2D eigenvalue weighted by Gasteiger charge is 2.42. The van der Waals surface area contributed by atoms with Crippen LogP contribution < -0.4 is 15.4 Å². The molecule has 0 radical (unpaired) electrons. The molecular formula is C36H40F4N6O4. The standard InChI is InChI=1S/C36H40F4N6O4/c1-22-14-28(41)33(37)31(32(22)36(38,39)40)29-15-24-16-30(49-20-25-10-7-11-44(25)3)43-34(27(24)21-48-29)45-12-13-46(26(18-45)17-42-2)35(47)50-19-23-8-5-4-6-9-23/h4-6,8-9,14,16,25-26,29H,7,10-13,15,17-21,41H2,1,3H3/t25-,26-,29?/m0/s1. The molecule has 50 heavy (non-hydrogen) atoms. The van der Waals surface area contributed by atoms with E-state index < -0.39 is 41.4 Å². The zero-order valence-electron chi connectivity index (χ0n) is 28.0. The lowest BCUT2D eigenvalue weighted by atomic mass is 9.89. The summed E-state index contributed by atoms with van der Waals surface area (Å²) < 4.78 is 76.1. The van der Waals surface area contributed by atoms with Crippen LogP contribution in [-0.2, 0) is 35.3 Å². The van der Waals surface area contributed by atoms with Crippen LogP contribution in [0.25, 0.3) is 4.85 Å². The van der Waals surface area contributed by atoms with Crippen LogP contribution in [0.4, 0.5) is 33.9 Å². The predicted molar refractivity (Wildman–Crippen MR) is 178 cm³/mol. The molecule has 0 saturated carbocycles. The third-order valence-electron chi connectivity index (χ3n) is 9.76. The number of piperazine rings is 1. The maximum Gasteiger partial charge on any atom is 0.417 e. The molecule has 3 aliphatic heterocycles. The van der Waals surface area contributed by atoms with Gasteiger partial charge in [0.2, 0.25) is 12.4 Å². The minimum Gasteiger partial charge on any atom is -0.476 e. The molecule has 0 aliphatic carbocycles. The van der Waals surface area contributed by atoms with Crippen LogP contribution in [0.15, 0.2) is 42.5 Å². The van der Waals surface area contributed by atoms with E-state index in [4.69, 9.17) is 31.5 Å². The molecule has 4 heterocycles. The minimum atomic E-state index is -4.83. The van der Waals surface area contributed by atoms with Crippen LogP contribution in [0.2, 0.25) is 0 Å². The Hall–Kier alpha value is -4.61. The number of fused-ring (bicyclic) bond motifs is 1. The molecule has 266 valence electrons. The van der Waals surface area contributed by atoms with E-state index in [1.54, 1.807) is 11.0 Å². The summed E-state index contributed by atoms with van der Waals surface area (Å²) in [6, 6.07) is 11.6. The van der Waals surface area contributed by atoms with Crippen LogP contribution in [0.1, 0.15) is 52.3 Å². The number of nitrogens with zero attached hydrogens (tertiary/aromatic N) is 5. The summed E-state index contributed by atoms with van der Waals surface area (Å²) >= 11 is 0. The fourth-order valence-electron chi connectivity index (χ4n) is 7.14. The van der Waals surface area contributed by atoms with E-state index >= 15 is 4.39 Å². The summed E-state index contributed by atoms with van der Waals surface area (Å²) in [5, 5.41) is 0. The average Bonchev–Trinajstić information content (AvgIpc) is 3.51. The number of ether oxygens (including phenoxy) is 3. The Morgan fingerprint density at radius 2 is 1.94 bits per heavy atom. The Kier molecular flexibility index (Phi) is 10.4. The summed E-state index contributed by atoms with van der Waals surface area (Å²) in [5.74, 6) is -0.377. The number of pyridine rings is 1. The van der Waals surface area contributed by atoms with E-state index in [9.17, 15) is 18.0 Å². The van der Waals surface area contributed by atoms with Crippen LogP contribution >= 0.6 is 0 Å². The van der Waals surface area contributed by atoms with Gasteiger partial charge in [-0.25, -0.2) is 15.8 Å². The molecule has 1 amide bonds. The number of amides is 1. The summed E-state index contributed by atoms with van der Waals surface area (Å²) in [7, 11) is 2.02. The first-order valence-electron chi connectivity index (χ1n) is 16.6. The smallest absolute Gasteiger partial charge is 0.417 e. The highest BCUT2D eigenvalue weighted by atomic mass is 19.4. The zero-order valence-corrected chi connectivity index (χ0v) is 28.0. The van der Waals surface area contributed by atoms with Crippen molar-refractivity contribution in [2.75, 3.05) is 57.0 Å². The lowest BCUT2D eigenvalue weighted by Crippen LogP contribution is -2.57. The third-order valence-corrected chi connectivity index (χ3v) is 9.76. The summed E-state index contributed by atoms with van der Waals surface area (Å²) in [4.78, 5) is 27.3. The molecule has 14 heteroatoms. The number of alkyl halides is 3. The van der Waals surface area contributed by atoms with Gasteiger partial charge in [-0.05, 0) is 56.1 Å². The number of benzene rings is 2. The molecule has 1 unspecified atom stereocenters. The highest BCUT2D eigenvalue weighted by Crippen LogP contribution is 2.45. The molecule has 0 bridgehead atoms. The summed E-state index contributed by atoms with van der Waals surface area (Å²) in [5.41, 5.74) is 5.61. The van der Waals surface area contributed by atoms with Crippen LogP contribution in [-0.4, -0.2) is 79.3 Å².